The van der Waals surface area contributed by atoms with Crippen LogP contribution in [0.4, 0.5) is 0 Å². The number of allylic oxidation sites excluding steroid dienone is 1. The quantitative estimate of drug-likeness (QED) is 0.612. The van der Waals surface area contributed by atoms with E-state index in [0.717, 1.165) is 12.8 Å². The summed E-state index contributed by atoms with van der Waals surface area (Å²) >= 11 is 0. The first-order valence-electron chi connectivity index (χ1n) is 6.54. The minimum atomic E-state index is 0.337. The molecule has 0 spiro atoms. The van der Waals surface area contributed by atoms with E-state index in [2.05, 4.69) is 65.5 Å². The Balaban J connectivity index is 2.78. The van der Waals surface area contributed by atoms with Gasteiger partial charge in [0.05, 0.1) is 0 Å². The molecule has 1 aromatic rings. The molecule has 0 atom stereocenters. The van der Waals surface area contributed by atoms with Crippen molar-refractivity contribution in [1.29, 1.82) is 0 Å². The summed E-state index contributed by atoms with van der Waals surface area (Å²) in [6, 6.07) is 8.74. The Morgan fingerprint density at radius 3 is 2.29 bits per heavy atom. The van der Waals surface area contributed by atoms with E-state index >= 15 is 0 Å². The van der Waals surface area contributed by atoms with Crippen LogP contribution in [0.15, 0.2) is 36.4 Å². The summed E-state index contributed by atoms with van der Waals surface area (Å²) < 4.78 is 0. The average molecular weight is 230 g/mol. The van der Waals surface area contributed by atoms with Gasteiger partial charge in [0.2, 0.25) is 0 Å². The number of hydrogen-bond donors (Lipinski definition) is 0. The number of benzene rings is 1. The van der Waals surface area contributed by atoms with E-state index in [1.807, 2.05) is 0 Å². The zero-order chi connectivity index (χ0) is 13.1. The molecule has 0 heterocycles. The lowest BCUT2D eigenvalue weighted by atomic mass is 9.85. The van der Waals surface area contributed by atoms with Crippen molar-refractivity contribution in [2.24, 2.45) is 5.41 Å². The minimum absolute atomic E-state index is 0.337. The van der Waals surface area contributed by atoms with Crippen LogP contribution < -0.4 is 0 Å². The summed E-state index contributed by atoms with van der Waals surface area (Å²) in [6.07, 6.45) is 2.12. The molecule has 0 N–H and O–H groups in total. The molecule has 0 aliphatic rings. The first-order valence-corrected chi connectivity index (χ1v) is 6.54. The van der Waals surface area contributed by atoms with Gasteiger partial charge in [-0.3, -0.25) is 0 Å². The summed E-state index contributed by atoms with van der Waals surface area (Å²) in [6.45, 7) is 15.6. The van der Waals surface area contributed by atoms with Crippen LogP contribution in [-0.4, -0.2) is 0 Å². The van der Waals surface area contributed by atoms with Gasteiger partial charge in [0.1, 0.15) is 0 Å². The molecule has 0 unspecified atom stereocenters. The van der Waals surface area contributed by atoms with Gasteiger partial charge in [0, 0.05) is 0 Å². The van der Waals surface area contributed by atoms with Crippen molar-refractivity contribution in [1.82, 2.24) is 0 Å². The van der Waals surface area contributed by atoms with Crippen molar-refractivity contribution in [2.75, 3.05) is 0 Å². The Morgan fingerprint density at radius 2 is 1.76 bits per heavy atom. The zero-order valence-electron chi connectivity index (χ0n) is 12.0. The van der Waals surface area contributed by atoms with Crippen molar-refractivity contribution in [2.45, 2.75) is 53.4 Å². The van der Waals surface area contributed by atoms with E-state index in [1.165, 1.54) is 16.7 Å². The molecule has 94 valence electrons. The molecule has 1 aromatic carbocycles. The third-order valence-electron chi connectivity index (χ3n) is 2.90. The predicted octanol–water partition coefficient (Wildman–Crippen LogP) is 5.34. The van der Waals surface area contributed by atoms with Crippen molar-refractivity contribution >= 4 is 0 Å². The smallest absolute Gasteiger partial charge is 0.00668 e. The van der Waals surface area contributed by atoms with E-state index < -0.39 is 0 Å². The molecule has 0 radical (unpaired) electrons. The van der Waals surface area contributed by atoms with Crippen LogP contribution in [0.5, 0.6) is 0 Å². The standard InChI is InChI=1S/C17H26/c1-13(2)16-10-8-7-9-15(16)11-14(3)12-17(4,5)6/h7-10,13H,3,11-12H2,1-2,4-6H3. The molecule has 0 aromatic heterocycles. The van der Waals surface area contributed by atoms with Crippen LogP contribution in [0.25, 0.3) is 0 Å². The fourth-order valence-electron chi connectivity index (χ4n) is 2.34. The summed E-state index contributed by atoms with van der Waals surface area (Å²) in [5.41, 5.74) is 4.58. The lowest BCUT2D eigenvalue weighted by Gasteiger charge is -2.21. The van der Waals surface area contributed by atoms with Crippen LogP contribution in [-0.2, 0) is 6.42 Å². The Kier molecular flexibility index (Phi) is 4.56. The number of rotatable bonds is 4. The Hall–Kier alpha value is -1.04. The highest BCUT2D eigenvalue weighted by molar-refractivity contribution is 5.32. The predicted molar refractivity (Wildman–Crippen MR) is 77.4 cm³/mol. The third kappa shape index (κ3) is 4.77. The van der Waals surface area contributed by atoms with Gasteiger partial charge in [-0.15, -0.1) is 0 Å². The average Bonchev–Trinajstić information content (AvgIpc) is 2.14. The first kappa shape index (κ1) is 14.0. The summed E-state index contributed by atoms with van der Waals surface area (Å²) in [7, 11) is 0. The van der Waals surface area contributed by atoms with E-state index in [9.17, 15) is 0 Å². The van der Waals surface area contributed by atoms with Crippen molar-refractivity contribution in [3.05, 3.63) is 47.5 Å². The molecular weight excluding hydrogens is 204 g/mol. The Labute approximate surface area is 107 Å². The Morgan fingerprint density at radius 1 is 1.18 bits per heavy atom. The van der Waals surface area contributed by atoms with Gasteiger partial charge in [0.25, 0.3) is 0 Å². The molecule has 0 aliphatic carbocycles. The molecule has 0 saturated heterocycles. The molecule has 0 amide bonds. The summed E-state index contributed by atoms with van der Waals surface area (Å²) in [4.78, 5) is 0. The molecule has 0 nitrogen and oxygen atoms in total. The largest absolute Gasteiger partial charge is 0.0995 e. The second-order valence-corrected chi connectivity index (χ2v) is 6.52. The molecule has 0 saturated carbocycles. The van der Waals surface area contributed by atoms with Gasteiger partial charge in [-0.25, -0.2) is 0 Å². The van der Waals surface area contributed by atoms with E-state index in [4.69, 9.17) is 0 Å². The molecule has 1 rings (SSSR count). The van der Waals surface area contributed by atoms with Gasteiger partial charge >= 0.3 is 0 Å². The summed E-state index contributed by atoms with van der Waals surface area (Å²) in [5, 5.41) is 0. The van der Waals surface area contributed by atoms with Gasteiger partial charge in [-0.2, -0.15) is 0 Å². The second kappa shape index (κ2) is 5.53. The molecule has 0 heteroatoms. The van der Waals surface area contributed by atoms with Crippen LogP contribution in [0.3, 0.4) is 0 Å². The monoisotopic (exact) mass is 230 g/mol. The highest BCUT2D eigenvalue weighted by Gasteiger charge is 2.13. The van der Waals surface area contributed by atoms with Crippen LogP contribution >= 0.6 is 0 Å². The van der Waals surface area contributed by atoms with Crippen molar-refractivity contribution in [3.63, 3.8) is 0 Å². The van der Waals surface area contributed by atoms with Crippen LogP contribution in [0, 0.1) is 5.41 Å². The SMILES string of the molecule is C=C(Cc1ccccc1C(C)C)CC(C)(C)C. The van der Waals surface area contributed by atoms with Gasteiger partial charge in [-0.05, 0) is 35.3 Å². The van der Waals surface area contributed by atoms with Gasteiger partial charge < -0.3 is 0 Å². The number of hydrogen-bond acceptors (Lipinski definition) is 0. The molecule has 0 aliphatic heterocycles. The normalized spacial score (nSPS) is 11.9. The maximum absolute atomic E-state index is 4.24. The minimum Gasteiger partial charge on any atom is -0.0995 e. The van der Waals surface area contributed by atoms with Crippen LogP contribution in [0.2, 0.25) is 0 Å². The fraction of sp³-hybridized carbons (Fsp3) is 0.529. The highest BCUT2D eigenvalue weighted by atomic mass is 14.2. The van der Waals surface area contributed by atoms with E-state index in [-0.39, 0.29) is 0 Å². The molecular formula is C17H26. The van der Waals surface area contributed by atoms with E-state index in [0.29, 0.717) is 11.3 Å². The maximum atomic E-state index is 4.24. The fourth-order valence-corrected chi connectivity index (χ4v) is 2.34. The first-order chi connectivity index (χ1) is 7.79. The molecule has 0 bridgehead atoms. The van der Waals surface area contributed by atoms with Gasteiger partial charge in [-0.1, -0.05) is 71.0 Å². The van der Waals surface area contributed by atoms with Crippen LogP contribution in [0.1, 0.15) is 58.1 Å². The van der Waals surface area contributed by atoms with Gasteiger partial charge in [0.15, 0.2) is 0 Å². The van der Waals surface area contributed by atoms with Crippen molar-refractivity contribution < 1.29 is 0 Å². The maximum Gasteiger partial charge on any atom is -0.00668 e. The molecule has 17 heavy (non-hydrogen) atoms. The van der Waals surface area contributed by atoms with Crippen molar-refractivity contribution in [3.8, 4) is 0 Å². The lowest BCUT2D eigenvalue weighted by Crippen LogP contribution is -2.08. The summed E-state index contributed by atoms with van der Waals surface area (Å²) in [5.74, 6) is 0.591. The molecule has 0 fully saturated rings. The Bertz CT molecular complexity index is 377. The second-order valence-electron chi connectivity index (χ2n) is 6.52. The lowest BCUT2D eigenvalue weighted by molar-refractivity contribution is 0.407. The highest BCUT2D eigenvalue weighted by Crippen LogP contribution is 2.27. The third-order valence-corrected chi connectivity index (χ3v) is 2.90. The zero-order valence-corrected chi connectivity index (χ0v) is 12.0. The van der Waals surface area contributed by atoms with E-state index in [1.54, 1.807) is 0 Å². The topological polar surface area (TPSA) is 0 Å².